The van der Waals surface area contributed by atoms with E-state index in [1.54, 1.807) is 6.92 Å². The van der Waals surface area contributed by atoms with Gasteiger partial charge in [-0.3, -0.25) is 4.79 Å². The highest BCUT2D eigenvalue weighted by Crippen LogP contribution is 2.25. The van der Waals surface area contributed by atoms with Gasteiger partial charge >= 0.3 is 5.97 Å². The van der Waals surface area contributed by atoms with Crippen molar-refractivity contribution in [2.45, 2.75) is 6.92 Å². The molecule has 0 aliphatic rings. The Labute approximate surface area is 96.9 Å². The van der Waals surface area contributed by atoms with Crippen molar-refractivity contribution in [3.8, 4) is 0 Å². The number of ether oxygens (including phenoxy) is 1. The van der Waals surface area contributed by atoms with Crippen LogP contribution in [-0.4, -0.2) is 18.9 Å². The van der Waals surface area contributed by atoms with Crippen LogP contribution >= 0.6 is 23.2 Å². The summed E-state index contributed by atoms with van der Waals surface area (Å²) in [6, 6.07) is 2.66. The van der Waals surface area contributed by atoms with E-state index in [4.69, 9.17) is 27.9 Å². The number of hydrogen-bond acceptors (Lipinski definition) is 3. The zero-order valence-electron chi connectivity index (χ0n) is 7.92. The molecule has 1 aromatic rings. The third kappa shape index (κ3) is 2.70. The Hall–Kier alpha value is -1.06. The minimum Gasteiger partial charge on any atom is -0.462 e. The van der Waals surface area contributed by atoms with Crippen molar-refractivity contribution in [3.05, 3.63) is 33.3 Å². The van der Waals surface area contributed by atoms with Gasteiger partial charge in [-0.15, -0.1) is 0 Å². The van der Waals surface area contributed by atoms with Crippen molar-refractivity contribution in [2.75, 3.05) is 6.61 Å². The maximum absolute atomic E-state index is 11.4. The van der Waals surface area contributed by atoms with Gasteiger partial charge in [0.15, 0.2) is 6.29 Å². The number of carbonyl (C=O) groups excluding carboxylic acids is 2. The summed E-state index contributed by atoms with van der Waals surface area (Å²) in [5.41, 5.74) is 0.295. The lowest BCUT2D eigenvalue weighted by atomic mass is 10.1. The number of carbonyl (C=O) groups is 2. The third-order valence-electron chi connectivity index (χ3n) is 1.71. The lowest BCUT2D eigenvalue weighted by molar-refractivity contribution is 0.0524. The van der Waals surface area contributed by atoms with Gasteiger partial charge in [0.25, 0.3) is 0 Å². The first kappa shape index (κ1) is 12.0. The Morgan fingerprint density at radius 1 is 1.40 bits per heavy atom. The van der Waals surface area contributed by atoms with Crippen LogP contribution in [0.25, 0.3) is 0 Å². The van der Waals surface area contributed by atoms with E-state index in [1.807, 2.05) is 0 Å². The number of rotatable bonds is 3. The number of aldehydes is 1. The molecule has 0 radical (unpaired) electrons. The Bertz CT molecular complexity index is 402. The first-order valence-corrected chi connectivity index (χ1v) is 4.97. The summed E-state index contributed by atoms with van der Waals surface area (Å²) in [5.74, 6) is -0.585. The first-order valence-electron chi connectivity index (χ1n) is 4.21. The smallest absolute Gasteiger partial charge is 0.338 e. The molecule has 0 atom stereocenters. The fraction of sp³-hybridized carbons (Fsp3) is 0.200. The molecule has 1 aromatic carbocycles. The van der Waals surface area contributed by atoms with Gasteiger partial charge in [-0.25, -0.2) is 4.79 Å². The molecule has 80 valence electrons. The molecule has 0 heterocycles. The highest BCUT2D eigenvalue weighted by Gasteiger charge is 2.14. The maximum atomic E-state index is 11.4. The topological polar surface area (TPSA) is 43.4 Å². The highest BCUT2D eigenvalue weighted by atomic mass is 35.5. The monoisotopic (exact) mass is 246 g/mol. The van der Waals surface area contributed by atoms with Crippen molar-refractivity contribution >= 4 is 35.5 Å². The molecular weight excluding hydrogens is 239 g/mol. The zero-order chi connectivity index (χ0) is 11.4. The Balaban J connectivity index is 3.21. The summed E-state index contributed by atoms with van der Waals surface area (Å²) in [6.07, 6.45) is 0.536. The Morgan fingerprint density at radius 3 is 2.53 bits per heavy atom. The molecule has 0 saturated carbocycles. The molecule has 0 spiro atoms. The van der Waals surface area contributed by atoms with Gasteiger partial charge in [0.05, 0.1) is 22.2 Å². The fourth-order valence-electron chi connectivity index (χ4n) is 1.05. The normalized spacial score (nSPS) is 9.80. The zero-order valence-corrected chi connectivity index (χ0v) is 9.43. The molecule has 5 heteroatoms. The van der Waals surface area contributed by atoms with Gasteiger partial charge in [-0.1, -0.05) is 23.2 Å². The average molecular weight is 247 g/mol. The van der Waals surface area contributed by atoms with E-state index in [1.165, 1.54) is 12.1 Å². The summed E-state index contributed by atoms with van der Waals surface area (Å²) >= 11 is 11.4. The fourth-order valence-corrected chi connectivity index (χ4v) is 1.38. The molecule has 0 amide bonds. The predicted molar refractivity (Wildman–Crippen MR) is 57.8 cm³/mol. The third-order valence-corrected chi connectivity index (χ3v) is 2.44. The van der Waals surface area contributed by atoms with Crippen LogP contribution in [0.15, 0.2) is 12.1 Å². The van der Waals surface area contributed by atoms with Crippen LogP contribution in [0.2, 0.25) is 10.0 Å². The van der Waals surface area contributed by atoms with E-state index < -0.39 is 5.97 Å². The van der Waals surface area contributed by atoms with Crippen molar-refractivity contribution in [2.24, 2.45) is 0 Å². The standard InChI is InChI=1S/C10H8Cl2O3/c1-2-15-10(14)7-4-9(12)8(11)3-6(7)5-13/h3-5H,2H2,1H3. The molecule has 1 rings (SSSR count). The maximum Gasteiger partial charge on any atom is 0.338 e. The highest BCUT2D eigenvalue weighted by molar-refractivity contribution is 6.42. The largest absolute Gasteiger partial charge is 0.462 e. The number of benzene rings is 1. The molecule has 0 aromatic heterocycles. The van der Waals surface area contributed by atoms with E-state index in [0.29, 0.717) is 6.29 Å². The molecule has 0 bridgehead atoms. The quantitative estimate of drug-likeness (QED) is 0.609. The molecular formula is C10H8Cl2O3. The summed E-state index contributed by atoms with van der Waals surface area (Å²) in [5, 5.41) is 0.442. The van der Waals surface area contributed by atoms with Gasteiger partial charge in [0, 0.05) is 5.56 Å². The number of hydrogen-bond donors (Lipinski definition) is 0. The van der Waals surface area contributed by atoms with Crippen molar-refractivity contribution in [3.63, 3.8) is 0 Å². The number of halogens is 2. The van der Waals surface area contributed by atoms with Crippen molar-refractivity contribution < 1.29 is 14.3 Å². The van der Waals surface area contributed by atoms with Crippen LogP contribution in [0.1, 0.15) is 27.6 Å². The van der Waals surface area contributed by atoms with E-state index in [-0.39, 0.29) is 27.8 Å². The van der Waals surface area contributed by atoms with Gasteiger partial charge in [-0.2, -0.15) is 0 Å². The summed E-state index contributed by atoms with van der Waals surface area (Å²) in [6.45, 7) is 1.91. The van der Waals surface area contributed by atoms with Gasteiger partial charge in [0.2, 0.25) is 0 Å². The molecule has 0 N–H and O–H groups in total. The molecule has 0 aliphatic heterocycles. The van der Waals surface area contributed by atoms with Crippen LogP contribution in [0, 0.1) is 0 Å². The molecule has 0 saturated heterocycles. The lowest BCUT2D eigenvalue weighted by Crippen LogP contribution is -2.08. The molecule has 0 unspecified atom stereocenters. The summed E-state index contributed by atoms with van der Waals surface area (Å²) < 4.78 is 4.77. The molecule has 0 aliphatic carbocycles. The van der Waals surface area contributed by atoms with Crippen LogP contribution in [0.4, 0.5) is 0 Å². The first-order chi connectivity index (χ1) is 7.10. The average Bonchev–Trinajstić information content (AvgIpc) is 2.21. The van der Waals surface area contributed by atoms with Crippen molar-refractivity contribution in [1.29, 1.82) is 0 Å². The van der Waals surface area contributed by atoms with Crippen molar-refractivity contribution in [1.82, 2.24) is 0 Å². The van der Waals surface area contributed by atoms with E-state index >= 15 is 0 Å². The Kier molecular flexibility index (Phi) is 4.12. The van der Waals surface area contributed by atoms with E-state index in [2.05, 4.69) is 0 Å². The van der Waals surface area contributed by atoms with E-state index in [0.717, 1.165) is 0 Å². The second kappa shape index (κ2) is 5.14. The van der Waals surface area contributed by atoms with Crippen LogP contribution in [-0.2, 0) is 4.74 Å². The lowest BCUT2D eigenvalue weighted by Gasteiger charge is -2.05. The molecule has 0 fully saturated rings. The van der Waals surface area contributed by atoms with Crippen LogP contribution < -0.4 is 0 Å². The molecule has 3 nitrogen and oxygen atoms in total. The Morgan fingerprint density at radius 2 is 2.00 bits per heavy atom. The number of esters is 1. The van der Waals surface area contributed by atoms with Crippen LogP contribution in [0.5, 0.6) is 0 Å². The second-order valence-corrected chi connectivity index (χ2v) is 3.51. The van der Waals surface area contributed by atoms with Gasteiger partial charge < -0.3 is 4.74 Å². The van der Waals surface area contributed by atoms with Crippen LogP contribution in [0.3, 0.4) is 0 Å². The second-order valence-electron chi connectivity index (χ2n) is 2.69. The van der Waals surface area contributed by atoms with Gasteiger partial charge in [0.1, 0.15) is 0 Å². The molecule has 15 heavy (non-hydrogen) atoms. The summed E-state index contributed by atoms with van der Waals surface area (Å²) in [7, 11) is 0. The minimum atomic E-state index is -0.585. The van der Waals surface area contributed by atoms with Gasteiger partial charge in [-0.05, 0) is 19.1 Å². The van der Waals surface area contributed by atoms with E-state index in [9.17, 15) is 9.59 Å². The SMILES string of the molecule is CCOC(=O)c1cc(Cl)c(Cl)cc1C=O. The summed E-state index contributed by atoms with van der Waals surface area (Å²) in [4.78, 5) is 22.1. The minimum absolute atomic E-state index is 0.126. The predicted octanol–water partition coefficient (Wildman–Crippen LogP) is 2.98.